The number of hydrogen-bond donors (Lipinski definition) is 1. The second kappa shape index (κ2) is 5.00. The molecule has 6 heteroatoms. The van der Waals surface area contributed by atoms with E-state index in [0.717, 1.165) is 0 Å². The Hall–Kier alpha value is -2.14. The van der Waals surface area contributed by atoms with E-state index < -0.39 is 23.8 Å². The van der Waals surface area contributed by atoms with Crippen LogP contribution in [0, 0.1) is 5.92 Å². The van der Waals surface area contributed by atoms with E-state index in [1.807, 2.05) is 0 Å². The zero-order chi connectivity index (χ0) is 15.1. The van der Waals surface area contributed by atoms with Crippen molar-refractivity contribution in [2.45, 2.75) is 12.8 Å². The van der Waals surface area contributed by atoms with Crippen LogP contribution in [-0.4, -0.2) is 29.4 Å². The molecule has 0 bridgehead atoms. The summed E-state index contributed by atoms with van der Waals surface area (Å²) in [6.07, 6.45) is 0. The number of halogens is 1. The van der Waals surface area contributed by atoms with E-state index in [1.165, 1.54) is 0 Å². The van der Waals surface area contributed by atoms with Crippen LogP contribution in [0.15, 0.2) is 40.5 Å². The van der Waals surface area contributed by atoms with Crippen molar-refractivity contribution < 1.29 is 19.4 Å². The van der Waals surface area contributed by atoms with Crippen LogP contribution in [0.5, 0.6) is 0 Å². The Kier molecular flexibility index (Phi) is 3.29. The minimum Gasteiger partial charge on any atom is -0.481 e. The molecule has 108 valence electrons. The van der Waals surface area contributed by atoms with Gasteiger partial charge >= 0.3 is 11.9 Å². The van der Waals surface area contributed by atoms with Gasteiger partial charge in [0, 0.05) is 16.7 Å². The third kappa shape index (κ3) is 2.14. The van der Waals surface area contributed by atoms with Crippen LogP contribution in [-0.2, 0) is 14.3 Å². The largest absolute Gasteiger partial charge is 0.481 e. The number of carbonyl (C=O) groups is 2. The molecule has 1 N–H and O–H groups in total. The summed E-state index contributed by atoms with van der Waals surface area (Å²) >= 11 is 6.21. The van der Waals surface area contributed by atoms with Gasteiger partial charge in [0.1, 0.15) is 12.5 Å². The van der Waals surface area contributed by atoms with Crippen LogP contribution < -0.4 is 0 Å². The minimum absolute atomic E-state index is 0.0821. The maximum absolute atomic E-state index is 12.0. The summed E-state index contributed by atoms with van der Waals surface area (Å²) in [5, 5.41) is 9.96. The lowest BCUT2D eigenvalue weighted by atomic mass is 9.76. The van der Waals surface area contributed by atoms with Gasteiger partial charge in [-0.1, -0.05) is 29.8 Å². The first kappa shape index (κ1) is 13.8. The van der Waals surface area contributed by atoms with Crippen LogP contribution in [0.1, 0.15) is 18.4 Å². The molecule has 2 aliphatic rings. The SMILES string of the molecule is CC1=NC2=C(C(=O)OC2)C(c2ccccc2Cl)C1C(=O)O. The van der Waals surface area contributed by atoms with Gasteiger partial charge in [0.25, 0.3) is 0 Å². The summed E-state index contributed by atoms with van der Waals surface area (Å²) in [6, 6.07) is 6.94. The summed E-state index contributed by atoms with van der Waals surface area (Å²) < 4.78 is 5.01. The van der Waals surface area contributed by atoms with E-state index in [4.69, 9.17) is 16.3 Å². The Morgan fingerprint density at radius 2 is 2.14 bits per heavy atom. The van der Waals surface area contributed by atoms with Gasteiger partial charge in [-0.2, -0.15) is 0 Å². The lowest BCUT2D eigenvalue weighted by Crippen LogP contribution is -2.34. The molecule has 3 rings (SSSR count). The molecule has 5 nitrogen and oxygen atoms in total. The van der Waals surface area contributed by atoms with Gasteiger partial charge in [0.2, 0.25) is 0 Å². The lowest BCUT2D eigenvalue weighted by Gasteiger charge is -2.28. The molecule has 0 aromatic heterocycles. The smallest absolute Gasteiger partial charge is 0.337 e. The van der Waals surface area contributed by atoms with Crippen LogP contribution in [0.4, 0.5) is 0 Å². The number of esters is 1. The first-order valence-electron chi connectivity index (χ1n) is 6.43. The summed E-state index contributed by atoms with van der Waals surface area (Å²) in [6.45, 7) is 1.73. The molecule has 2 aliphatic heterocycles. The average molecular weight is 306 g/mol. The molecule has 0 saturated carbocycles. The Labute approximate surface area is 125 Å². The fourth-order valence-electron chi connectivity index (χ4n) is 2.88. The maximum atomic E-state index is 12.0. The van der Waals surface area contributed by atoms with Crippen molar-refractivity contribution in [3.63, 3.8) is 0 Å². The summed E-state index contributed by atoms with van der Waals surface area (Å²) in [5.41, 5.74) is 1.86. The maximum Gasteiger partial charge on any atom is 0.337 e. The molecular formula is C15H12ClNO4. The predicted molar refractivity (Wildman–Crippen MR) is 76.4 cm³/mol. The molecule has 1 aromatic rings. The van der Waals surface area contributed by atoms with Gasteiger partial charge in [-0.25, -0.2) is 4.79 Å². The number of hydrogen-bond acceptors (Lipinski definition) is 4. The van der Waals surface area contributed by atoms with Crippen molar-refractivity contribution in [3.8, 4) is 0 Å². The van der Waals surface area contributed by atoms with Gasteiger partial charge in [0.15, 0.2) is 0 Å². The zero-order valence-corrected chi connectivity index (χ0v) is 11.9. The minimum atomic E-state index is -1.03. The number of carboxylic acids is 1. The number of carboxylic acid groups (broad SMARTS) is 1. The molecule has 21 heavy (non-hydrogen) atoms. The fourth-order valence-corrected chi connectivity index (χ4v) is 3.13. The van der Waals surface area contributed by atoms with E-state index in [1.54, 1.807) is 31.2 Å². The second-order valence-electron chi connectivity index (χ2n) is 5.00. The van der Waals surface area contributed by atoms with Crippen molar-refractivity contribution in [1.82, 2.24) is 0 Å². The summed E-state index contributed by atoms with van der Waals surface area (Å²) in [7, 11) is 0. The number of carbonyl (C=O) groups excluding carboxylic acids is 1. The number of benzene rings is 1. The monoisotopic (exact) mass is 305 g/mol. The molecule has 2 heterocycles. The van der Waals surface area contributed by atoms with Crippen molar-refractivity contribution in [1.29, 1.82) is 0 Å². The average Bonchev–Trinajstić information content (AvgIpc) is 2.79. The van der Waals surface area contributed by atoms with Gasteiger partial charge in [-0.15, -0.1) is 0 Å². The van der Waals surface area contributed by atoms with E-state index >= 15 is 0 Å². The molecule has 0 amide bonds. The standard InChI is InChI=1S/C15H12ClNO4/c1-7-11(14(18)19)12(8-4-2-3-5-9(8)16)13-10(17-7)6-21-15(13)20/h2-5,11-12H,6H2,1H3,(H,18,19). The van der Waals surface area contributed by atoms with Crippen LogP contribution in [0.2, 0.25) is 5.02 Å². The predicted octanol–water partition coefficient (Wildman–Crippen LogP) is 2.41. The second-order valence-corrected chi connectivity index (χ2v) is 5.41. The highest BCUT2D eigenvalue weighted by molar-refractivity contribution is 6.31. The van der Waals surface area contributed by atoms with Crippen molar-refractivity contribution in [2.75, 3.05) is 6.61 Å². The topological polar surface area (TPSA) is 76.0 Å². The van der Waals surface area contributed by atoms with Gasteiger partial charge < -0.3 is 9.84 Å². The van der Waals surface area contributed by atoms with Crippen LogP contribution in [0.25, 0.3) is 0 Å². The van der Waals surface area contributed by atoms with Gasteiger partial charge in [-0.3, -0.25) is 9.79 Å². The number of rotatable bonds is 2. The molecule has 2 atom stereocenters. The molecule has 1 aromatic carbocycles. The highest BCUT2D eigenvalue weighted by Gasteiger charge is 2.45. The van der Waals surface area contributed by atoms with Gasteiger partial charge in [-0.05, 0) is 18.6 Å². The molecule has 0 radical (unpaired) electrons. The first-order chi connectivity index (χ1) is 10.0. The van der Waals surface area contributed by atoms with Gasteiger partial charge in [0.05, 0.1) is 11.3 Å². The first-order valence-corrected chi connectivity index (χ1v) is 6.81. The Balaban J connectivity index is 2.22. The fraction of sp³-hybridized carbons (Fsp3) is 0.267. The van der Waals surface area contributed by atoms with E-state index in [-0.39, 0.29) is 6.61 Å². The molecule has 2 unspecified atom stereocenters. The number of aliphatic imine (C=N–C) groups is 1. The van der Waals surface area contributed by atoms with Crippen LogP contribution >= 0.6 is 11.6 Å². The Morgan fingerprint density at radius 1 is 1.43 bits per heavy atom. The normalized spacial score (nSPS) is 24.5. The number of cyclic esters (lactones) is 1. The zero-order valence-electron chi connectivity index (χ0n) is 11.2. The third-order valence-electron chi connectivity index (χ3n) is 3.78. The molecular weight excluding hydrogens is 294 g/mol. The molecule has 0 spiro atoms. The van der Waals surface area contributed by atoms with Crippen molar-refractivity contribution in [3.05, 3.63) is 46.1 Å². The van der Waals surface area contributed by atoms with E-state index in [2.05, 4.69) is 4.99 Å². The van der Waals surface area contributed by atoms with Crippen molar-refractivity contribution >= 4 is 29.3 Å². The highest BCUT2D eigenvalue weighted by atomic mass is 35.5. The number of ether oxygens (including phenoxy) is 1. The quantitative estimate of drug-likeness (QED) is 0.851. The lowest BCUT2D eigenvalue weighted by molar-refractivity contribution is -0.140. The molecule has 0 aliphatic carbocycles. The van der Waals surface area contributed by atoms with E-state index in [0.29, 0.717) is 27.6 Å². The molecule has 0 saturated heterocycles. The van der Waals surface area contributed by atoms with E-state index in [9.17, 15) is 14.7 Å². The Bertz CT molecular complexity index is 707. The van der Waals surface area contributed by atoms with Crippen molar-refractivity contribution in [2.24, 2.45) is 10.9 Å². The van der Waals surface area contributed by atoms with Crippen LogP contribution in [0.3, 0.4) is 0 Å². The Morgan fingerprint density at radius 3 is 2.81 bits per heavy atom. The summed E-state index contributed by atoms with van der Waals surface area (Å²) in [4.78, 5) is 27.9. The highest BCUT2D eigenvalue weighted by Crippen LogP contribution is 2.43. The number of nitrogens with zero attached hydrogens (tertiary/aromatic N) is 1. The number of aliphatic carboxylic acids is 1. The molecule has 0 fully saturated rings. The summed E-state index contributed by atoms with van der Waals surface area (Å²) in [5.74, 6) is -3.14. The third-order valence-corrected chi connectivity index (χ3v) is 4.13.